The molecule has 0 bridgehead atoms. The van der Waals surface area contributed by atoms with Crippen LogP contribution in [0.3, 0.4) is 0 Å². The minimum atomic E-state index is -0.401. The summed E-state index contributed by atoms with van der Waals surface area (Å²) in [6.45, 7) is 0. The van der Waals surface area contributed by atoms with Gasteiger partial charge in [0.2, 0.25) is 0 Å². The standard InChI is InChI=1S/C29H25N5O4S/c1-36-22-8-7-15(13-24(22)37-2)16-11-20-27(21(35)12-16)26(17-14-30-34-28(17)31-20)23-9-10-25(38-23)39-29-32-18-5-3-4-6-19(18)33-29/h3-10,13-14,16,26-27H,11-12H2,1-2H3,(H,30,34)(H,32,33). The van der Waals surface area contributed by atoms with E-state index in [2.05, 4.69) is 20.2 Å². The van der Waals surface area contributed by atoms with Crippen molar-refractivity contribution in [3.05, 3.63) is 77.7 Å². The quantitative estimate of drug-likeness (QED) is 0.270. The van der Waals surface area contributed by atoms with E-state index in [-0.39, 0.29) is 17.6 Å². The van der Waals surface area contributed by atoms with Gasteiger partial charge in [-0.3, -0.25) is 9.89 Å². The Kier molecular flexibility index (Phi) is 5.77. The number of benzene rings is 2. The fraction of sp³-hybridized carbons (Fsp3) is 0.241. The molecule has 1 fully saturated rings. The van der Waals surface area contributed by atoms with Gasteiger partial charge in [0.1, 0.15) is 11.5 Å². The third-order valence-corrected chi connectivity index (χ3v) is 8.34. The number of carbonyl (C=O) groups excluding carboxylic acids is 1. The van der Waals surface area contributed by atoms with Crippen molar-refractivity contribution in [2.24, 2.45) is 10.9 Å². The van der Waals surface area contributed by atoms with E-state index in [1.54, 1.807) is 20.4 Å². The van der Waals surface area contributed by atoms with Crippen molar-refractivity contribution in [1.29, 1.82) is 0 Å². The first-order valence-corrected chi connectivity index (χ1v) is 13.5. The topological polar surface area (TPSA) is 118 Å². The van der Waals surface area contributed by atoms with Gasteiger partial charge in [-0.1, -0.05) is 18.2 Å². The van der Waals surface area contributed by atoms with Gasteiger partial charge >= 0.3 is 0 Å². The summed E-state index contributed by atoms with van der Waals surface area (Å²) in [6.07, 6.45) is 2.81. The number of rotatable bonds is 6. The predicted octanol–water partition coefficient (Wildman–Crippen LogP) is 6.03. The summed E-state index contributed by atoms with van der Waals surface area (Å²) in [4.78, 5) is 26.6. The molecule has 4 heterocycles. The Labute approximate surface area is 228 Å². The van der Waals surface area contributed by atoms with E-state index in [0.29, 0.717) is 41.0 Å². The van der Waals surface area contributed by atoms with Gasteiger partial charge in [-0.25, -0.2) is 9.98 Å². The molecule has 0 spiro atoms. The van der Waals surface area contributed by atoms with Crippen molar-refractivity contribution in [3.8, 4) is 11.5 Å². The number of aromatic nitrogens is 4. The van der Waals surface area contributed by atoms with Crippen LogP contribution in [0, 0.1) is 5.92 Å². The van der Waals surface area contributed by atoms with E-state index in [9.17, 15) is 4.79 Å². The van der Waals surface area contributed by atoms with Crippen LogP contribution in [0.2, 0.25) is 0 Å². The summed E-state index contributed by atoms with van der Waals surface area (Å²) in [5.41, 5.74) is 4.61. The number of carbonyl (C=O) groups is 1. The number of ether oxygens (including phenoxy) is 2. The second-order valence-corrected chi connectivity index (χ2v) is 10.7. The number of hydrogen-bond acceptors (Lipinski definition) is 8. The van der Waals surface area contributed by atoms with Crippen LogP contribution in [0.1, 0.15) is 41.6 Å². The number of imidazole rings is 1. The molecule has 1 saturated carbocycles. The molecule has 0 radical (unpaired) electrons. The lowest BCUT2D eigenvalue weighted by Crippen LogP contribution is -2.38. The maximum atomic E-state index is 13.8. The van der Waals surface area contributed by atoms with Crippen molar-refractivity contribution in [2.45, 2.75) is 34.9 Å². The Morgan fingerprint density at radius 2 is 1.87 bits per heavy atom. The molecule has 0 amide bonds. The zero-order valence-corrected chi connectivity index (χ0v) is 22.1. The Balaban J connectivity index is 1.19. The highest BCUT2D eigenvalue weighted by Crippen LogP contribution is 2.48. The smallest absolute Gasteiger partial charge is 0.174 e. The highest BCUT2D eigenvalue weighted by atomic mass is 32.2. The average molecular weight is 540 g/mol. The summed E-state index contributed by atoms with van der Waals surface area (Å²) >= 11 is 1.42. The number of fused-ring (bicyclic) bond motifs is 3. The Bertz CT molecular complexity index is 1700. The van der Waals surface area contributed by atoms with Gasteiger partial charge in [0.05, 0.1) is 43.3 Å². The summed E-state index contributed by atoms with van der Waals surface area (Å²) in [5, 5.41) is 8.70. The highest BCUT2D eigenvalue weighted by molar-refractivity contribution is 7.99. The molecule has 196 valence electrons. The monoisotopic (exact) mass is 539 g/mol. The zero-order chi connectivity index (χ0) is 26.5. The lowest BCUT2D eigenvalue weighted by molar-refractivity contribution is -0.122. The fourth-order valence-electron chi connectivity index (χ4n) is 5.72. The van der Waals surface area contributed by atoms with Gasteiger partial charge in [0.15, 0.2) is 27.6 Å². The number of aliphatic imine (C=N–C) groups is 1. The summed E-state index contributed by atoms with van der Waals surface area (Å²) in [6, 6.07) is 17.6. The maximum Gasteiger partial charge on any atom is 0.174 e. The van der Waals surface area contributed by atoms with Crippen LogP contribution in [0.5, 0.6) is 11.5 Å². The van der Waals surface area contributed by atoms with Crippen LogP contribution in [-0.4, -0.2) is 45.9 Å². The second-order valence-electron chi connectivity index (χ2n) is 9.74. The molecule has 0 saturated heterocycles. The molecule has 2 aromatic carbocycles. The number of nitrogens with zero attached hydrogens (tertiary/aromatic N) is 3. The average Bonchev–Trinajstić information content (AvgIpc) is 3.71. The largest absolute Gasteiger partial charge is 0.493 e. The summed E-state index contributed by atoms with van der Waals surface area (Å²) in [5.74, 6) is 2.13. The van der Waals surface area contributed by atoms with Crippen LogP contribution in [0.4, 0.5) is 5.82 Å². The molecular weight excluding hydrogens is 514 g/mol. The van der Waals surface area contributed by atoms with Gasteiger partial charge in [-0.15, -0.1) is 0 Å². The molecule has 3 atom stereocenters. The fourth-order valence-corrected chi connectivity index (χ4v) is 6.49. The van der Waals surface area contributed by atoms with Gasteiger partial charge in [-0.05, 0) is 66.1 Å². The van der Waals surface area contributed by atoms with E-state index in [1.807, 2.05) is 54.6 Å². The van der Waals surface area contributed by atoms with E-state index in [0.717, 1.165) is 33.0 Å². The SMILES string of the molecule is COc1ccc(C2CC(=O)C3C(=Nc4[nH]ncc4C3c3ccc(Sc4nc5ccccc5[nH]4)o3)C2)cc1OC. The molecule has 5 aromatic rings. The lowest BCUT2D eigenvalue weighted by Gasteiger charge is -2.35. The zero-order valence-electron chi connectivity index (χ0n) is 21.3. The molecule has 1 aliphatic carbocycles. The number of methoxy groups -OCH3 is 2. The van der Waals surface area contributed by atoms with Crippen molar-refractivity contribution in [3.63, 3.8) is 0 Å². The van der Waals surface area contributed by atoms with E-state index >= 15 is 0 Å². The second kappa shape index (κ2) is 9.46. The van der Waals surface area contributed by atoms with Crippen LogP contribution < -0.4 is 9.47 Å². The third-order valence-electron chi connectivity index (χ3n) is 7.53. The number of para-hydroxylation sites is 2. The Hall–Kier alpha value is -4.31. The first kappa shape index (κ1) is 23.8. The first-order chi connectivity index (χ1) is 19.1. The molecule has 2 N–H and O–H groups in total. The van der Waals surface area contributed by atoms with E-state index < -0.39 is 5.92 Å². The van der Waals surface area contributed by atoms with E-state index in [4.69, 9.17) is 18.9 Å². The van der Waals surface area contributed by atoms with Crippen LogP contribution in [0.25, 0.3) is 11.0 Å². The molecule has 3 aromatic heterocycles. The van der Waals surface area contributed by atoms with Crippen molar-refractivity contribution in [2.75, 3.05) is 14.2 Å². The number of ketones is 1. The predicted molar refractivity (Wildman–Crippen MR) is 146 cm³/mol. The molecule has 3 unspecified atom stereocenters. The van der Waals surface area contributed by atoms with Crippen molar-refractivity contribution < 1.29 is 18.7 Å². The number of furan rings is 1. The number of hydrogen-bond donors (Lipinski definition) is 2. The lowest BCUT2D eigenvalue weighted by atomic mass is 9.68. The molecule has 7 rings (SSSR count). The summed E-state index contributed by atoms with van der Waals surface area (Å²) in [7, 11) is 3.23. The minimum absolute atomic E-state index is 0.00627. The molecular formula is C29H25N5O4S. The number of nitrogens with one attached hydrogen (secondary N) is 2. The van der Waals surface area contributed by atoms with Crippen molar-refractivity contribution in [1.82, 2.24) is 20.2 Å². The molecule has 9 nitrogen and oxygen atoms in total. The molecule has 1 aliphatic heterocycles. The third kappa shape index (κ3) is 4.11. The number of H-pyrrole nitrogens is 2. The van der Waals surface area contributed by atoms with Crippen molar-refractivity contribution >= 4 is 40.1 Å². The van der Waals surface area contributed by atoms with Gasteiger partial charge in [0.25, 0.3) is 0 Å². The molecule has 2 aliphatic rings. The maximum absolute atomic E-state index is 13.8. The van der Waals surface area contributed by atoms with Crippen LogP contribution in [-0.2, 0) is 4.79 Å². The Morgan fingerprint density at radius 3 is 2.72 bits per heavy atom. The minimum Gasteiger partial charge on any atom is -0.493 e. The molecule has 39 heavy (non-hydrogen) atoms. The number of Topliss-reactive ketones (excluding diaryl/α,β-unsaturated/α-hetero) is 1. The molecule has 10 heteroatoms. The normalized spacial score (nSPS) is 20.4. The van der Waals surface area contributed by atoms with Crippen LogP contribution >= 0.6 is 11.8 Å². The Morgan fingerprint density at radius 1 is 1.00 bits per heavy atom. The van der Waals surface area contributed by atoms with Gasteiger partial charge in [0, 0.05) is 17.7 Å². The van der Waals surface area contributed by atoms with Crippen LogP contribution in [0.15, 0.2) is 80.5 Å². The number of aromatic amines is 2. The van der Waals surface area contributed by atoms with E-state index in [1.165, 1.54) is 11.8 Å². The van der Waals surface area contributed by atoms with Gasteiger partial charge < -0.3 is 18.9 Å². The van der Waals surface area contributed by atoms with Gasteiger partial charge in [-0.2, -0.15) is 5.10 Å². The highest BCUT2D eigenvalue weighted by Gasteiger charge is 2.45. The summed E-state index contributed by atoms with van der Waals surface area (Å²) < 4.78 is 17.2. The first-order valence-electron chi connectivity index (χ1n) is 12.7.